The average molecular weight is 433 g/mol. The zero-order chi connectivity index (χ0) is 21.2. The van der Waals surface area contributed by atoms with Crippen molar-refractivity contribution < 1.29 is 22.7 Å². The maximum absolute atomic E-state index is 12.5. The van der Waals surface area contributed by atoms with Gasteiger partial charge in [-0.1, -0.05) is 18.3 Å². The molecule has 0 bridgehead atoms. The number of fused-ring (bicyclic) bond motifs is 1. The molecule has 0 saturated carbocycles. The minimum Gasteiger partial charge on any atom is -0.462 e. The van der Waals surface area contributed by atoms with Gasteiger partial charge < -0.3 is 9.30 Å². The molecule has 29 heavy (non-hydrogen) atoms. The molecular formula is C20H20N2O5S2. The molecule has 1 amide bonds. The Balaban J connectivity index is 1.96. The molecule has 0 radical (unpaired) electrons. The van der Waals surface area contributed by atoms with Crippen LogP contribution in [-0.4, -0.2) is 37.2 Å². The van der Waals surface area contributed by atoms with Gasteiger partial charge in [-0.3, -0.25) is 4.79 Å². The van der Waals surface area contributed by atoms with Crippen LogP contribution in [0.4, 0.5) is 0 Å². The van der Waals surface area contributed by atoms with Crippen molar-refractivity contribution in [3.8, 4) is 0 Å². The van der Waals surface area contributed by atoms with Crippen LogP contribution in [0, 0.1) is 0 Å². The standard InChI is InChI=1S/C20H20N2O5S2/c1-4-27-19(24)14-8-11-16-17(12-14)28-20(22(16)3)21-18(23)13-6-9-15(10-7-13)29(25,26)5-2/h6-12H,4-5H2,1-3H3. The van der Waals surface area contributed by atoms with Gasteiger partial charge in [0.1, 0.15) is 0 Å². The second-order valence-electron chi connectivity index (χ2n) is 6.19. The highest BCUT2D eigenvalue weighted by Crippen LogP contribution is 2.19. The summed E-state index contributed by atoms with van der Waals surface area (Å²) >= 11 is 1.28. The molecule has 3 rings (SSSR count). The minimum atomic E-state index is -3.32. The summed E-state index contributed by atoms with van der Waals surface area (Å²) < 4.78 is 31.4. The van der Waals surface area contributed by atoms with Crippen LogP contribution in [0.5, 0.6) is 0 Å². The number of aryl methyl sites for hydroxylation is 1. The molecule has 0 saturated heterocycles. The Morgan fingerprint density at radius 1 is 1.07 bits per heavy atom. The number of esters is 1. The fourth-order valence-corrected chi connectivity index (χ4v) is 4.65. The normalized spacial score (nSPS) is 12.3. The number of thiazole rings is 1. The summed E-state index contributed by atoms with van der Waals surface area (Å²) in [7, 11) is -1.54. The van der Waals surface area contributed by atoms with E-state index in [-0.39, 0.29) is 10.6 Å². The summed E-state index contributed by atoms with van der Waals surface area (Å²) in [6.45, 7) is 3.61. The molecule has 1 aromatic heterocycles. The first-order valence-electron chi connectivity index (χ1n) is 8.95. The van der Waals surface area contributed by atoms with Gasteiger partial charge >= 0.3 is 5.97 Å². The molecule has 1 heterocycles. The Labute approximate surface area is 172 Å². The first kappa shape index (κ1) is 20.9. The van der Waals surface area contributed by atoms with Gasteiger partial charge in [0, 0.05) is 12.6 Å². The number of carbonyl (C=O) groups excluding carboxylic acids is 2. The number of amides is 1. The van der Waals surface area contributed by atoms with E-state index in [1.54, 1.807) is 43.7 Å². The lowest BCUT2D eigenvalue weighted by atomic mass is 10.2. The van der Waals surface area contributed by atoms with Crippen LogP contribution in [0.2, 0.25) is 0 Å². The molecule has 0 spiro atoms. The van der Waals surface area contributed by atoms with Gasteiger partial charge in [-0.25, -0.2) is 13.2 Å². The predicted octanol–water partition coefficient (Wildman–Crippen LogP) is 2.95. The van der Waals surface area contributed by atoms with E-state index in [9.17, 15) is 18.0 Å². The van der Waals surface area contributed by atoms with E-state index < -0.39 is 21.7 Å². The van der Waals surface area contributed by atoms with E-state index >= 15 is 0 Å². The Kier molecular flexibility index (Phi) is 5.99. The first-order chi connectivity index (χ1) is 13.8. The van der Waals surface area contributed by atoms with Crippen LogP contribution >= 0.6 is 11.3 Å². The predicted molar refractivity (Wildman–Crippen MR) is 111 cm³/mol. The van der Waals surface area contributed by atoms with Gasteiger partial charge in [0.05, 0.1) is 33.0 Å². The highest BCUT2D eigenvalue weighted by molar-refractivity contribution is 7.91. The quantitative estimate of drug-likeness (QED) is 0.578. The number of nitrogens with zero attached hydrogens (tertiary/aromatic N) is 2. The lowest BCUT2D eigenvalue weighted by molar-refractivity contribution is 0.0526. The van der Waals surface area contributed by atoms with Crippen molar-refractivity contribution in [1.82, 2.24) is 4.57 Å². The fourth-order valence-electron chi connectivity index (χ4n) is 2.70. The Morgan fingerprint density at radius 2 is 1.72 bits per heavy atom. The average Bonchev–Trinajstić information content (AvgIpc) is 3.03. The SMILES string of the molecule is CCOC(=O)c1ccc2c(c1)sc(=NC(=O)c1ccc(S(=O)(=O)CC)cc1)n2C. The number of ether oxygens (including phenoxy) is 1. The third kappa shape index (κ3) is 4.30. The zero-order valence-electron chi connectivity index (χ0n) is 16.2. The molecule has 0 unspecified atom stereocenters. The van der Waals surface area contributed by atoms with Crippen molar-refractivity contribution in [1.29, 1.82) is 0 Å². The second kappa shape index (κ2) is 8.30. The van der Waals surface area contributed by atoms with Crippen molar-refractivity contribution in [2.45, 2.75) is 18.7 Å². The molecule has 0 aliphatic heterocycles. The highest BCUT2D eigenvalue weighted by Gasteiger charge is 2.14. The zero-order valence-corrected chi connectivity index (χ0v) is 17.8. The van der Waals surface area contributed by atoms with Gasteiger partial charge in [-0.05, 0) is 49.4 Å². The maximum atomic E-state index is 12.5. The molecule has 3 aromatic rings. The topological polar surface area (TPSA) is 94.8 Å². The summed E-state index contributed by atoms with van der Waals surface area (Å²) in [6, 6.07) is 10.9. The Bertz CT molecular complexity index is 1250. The van der Waals surface area contributed by atoms with Crippen LogP contribution in [0.25, 0.3) is 10.2 Å². The van der Waals surface area contributed by atoms with Gasteiger partial charge in [-0.15, -0.1) is 0 Å². The van der Waals surface area contributed by atoms with Crippen molar-refractivity contribution in [2.75, 3.05) is 12.4 Å². The van der Waals surface area contributed by atoms with Gasteiger partial charge in [0.2, 0.25) is 0 Å². The molecule has 0 aliphatic rings. The fraction of sp³-hybridized carbons (Fsp3) is 0.250. The van der Waals surface area contributed by atoms with Crippen LogP contribution in [0.3, 0.4) is 0 Å². The molecular weight excluding hydrogens is 412 g/mol. The van der Waals surface area contributed by atoms with E-state index in [0.29, 0.717) is 22.5 Å². The smallest absolute Gasteiger partial charge is 0.338 e. The van der Waals surface area contributed by atoms with E-state index in [1.165, 1.54) is 35.6 Å². The van der Waals surface area contributed by atoms with Crippen LogP contribution in [-0.2, 0) is 21.6 Å². The number of hydrogen-bond donors (Lipinski definition) is 0. The van der Waals surface area contributed by atoms with Gasteiger partial charge in [0.25, 0.3) is 5.91 Å². The molecule has 7 nitrogen and oxygen atoms in total. The Hall–Kier alpha value is -2.78. The third-order valence-electron chi connectivity index (χ3n) is 4.36. The number of carbonyl (C=O) groups is 2. The molecule has 0 atom stereocenters. The lowest BCUT2D eigenvalue weighted by Gasteiger charge is -2.02. The lowest BCUT2D eigenvalue weighted by Crippen LogP contribution is -2.13. The monoisotopic (exact) mass is 432 g/mol. The van der Waals surface area contributed by atoms with E-state index in [2.05, 4.69) is 4.99 Å². The molecule has 152 valence electrons. The number of rotatable bonds is 5. The van der Waals surface area contributed by atoms with Crippen LogP contribution in [0.1, 0.15) is 34.6 Å². The van der Waals surface area contributed by atoms with Crippen molar-refractivity contribution in [3.05, 3.63) is 58.4 Å². The minimum absolute atomic E-state index is 0.00389. The Morgan fingerprint density at radius 3 is 2.34 bits per heavy atom. The summed E-state index contributed by atoms with van der Waals surface area (Å²) in [5, 5.41) is 0. The molecule has 0 aliphatic carbocycles. The first-order valence-corrected chi connectivity index (χ1v) is 11.4. The largest absolute Gasteiger partial charge is 0.462 e. The van der Waals surface area contributed by atoms with Crippen molar-refractivity contribution in [2.24, 2.45) is 12.0 Å². The van der Waals surface area contributed by atoms with Crippen LogP contribution in [0.15, 0.2) is 52.4 Å². The van der Waals surface area contributed by atoms with Gasteiger partial charge in [-0.2, -0.15) is 4.99 Å². The summed E-state index contributed by atoms with van der Waals surface area (Å²) in [5.41, 5.74) is 1.57. The summed E-state index contributed by atoms with van der Waals surface area (Å²) in [6.07, 6.45) is 0. The van der Waals surface area contributed by atoms with Gasteiger partial charge in [0.15, 0.2) is 14.6 Å². The van der Waals surface area contributed by atoms with Crippen molar-refractivity contribution >= 4 is 43.3 Å². The van der Waals surface area contributed by atoms with Crippen molar-refractivity contribution in [3.63, 3.8) is 0 Å². The number of benzene rings is 2. The second-order valence-corrected chi connectivity index (χ2v) is 9.48. The maximum Gasteiger partial charge on any atom is 0.338 e. The number of hydrogen-bond acceptors (Lipinski definition) is 6. The summed E-state index contributed by atoms with van der Waals surface area (Å²) in [4.78, 5) is 29.3. The third-order valence-corrected chi connectivity index (χ3v) is 7.20. The number of aromatic nitrogens is 1. The van der Waals surface area contributed by atoms with E-state index in [1.807, 2.05) is 0 Å². The van der Waals surface area contributed by atoms with Crippen LogP contribution < -0.4 is 4.80 Å². The van der Waals surface area contributed by atoms with E-state index in [4.69, 9.17) is 4.74 Å². The van der Waals surface area contributed by atoms with E-state index in [0.717, 1.165) is 10.2 Å². The molecule has 9 heteroatoms. The molecule has 2 aromatic carbocycles. The number of sulfone groups is 1. The summed E-state index contributed by atoms with van der Waals surface area (Å²) in [5.74, 6) is -0.879. The molecule has 0 fully saturated rings. The molecule has 0 N–H and O–H groups in total. The highest BCUT2D eigenvalue weighted by atomic mass is 32.2.